The Morgan fingerprint density at radius 1 is 1.07 bits per heavy atom. The molecule has 4 aromatic rings. The van der Waals surface area contributed by atoms with E-state index in [0.29, 0.717) is 49.7 Å². The summed E-state index contributed by atoms with van der Waals surface area (Å²) < 4.78 is 17.6. The summed E-state index contributed by atoms with van der Waals surface area (Å²) in [5.74, 6) is 1.92. The number of aliphatic hydroxyl groups is 1. The van der Waals surface area contributed by atoms with Gasteiger partial charge in [-0.25, -0.2) is 0 Å². The van der Waals surface area contributed by atoms with Crippen molar-refractivity contribution in [3.05, 3.63) is 101 Å². The van der Waals surface area contributed by atoms with Gasteiger partial charge in [-0.1, -0.05) is 24.3 Å². The molecule has 0 aliphatic carbocycles. The molecule has 0 saturated carbocycles. The van der Waals surface area contributed by atoms with Gasteiger partial charge in [0.1, 0.15) is 31.6 Å². The molecule has 9 heteroatoms. The Kier molecular flexibility index (Phi) is 7.99. The fourth-order valence-corrected chi connectivity index (χ4v) is 5.34. The summed E-state index contributed by atoms with van der Waals surface area (Å²) in [6.07, 6.45) is 3.89. The fourth-order valence-electron chi connectivity index (χ4n) is 5.34. The number of benzene rings is 3. The molecule has 3 heterocycles. The lowest BCUT2D eigenvalue weighted by molar-refractivity contribution is 0.0989. The summed E-state index contributed by atoms with van der Waals surface area (Å²) in [5, 5.41) is 21.6. The molecular formula is C33H30N4O5. The quantitative estimate of drug-likeness (QED) is 0.291. The van der Waals surface area contributed by atoms with Crippen LogP contribution in [0.2, 0.25) is 0 Å². The van der Waals surface area contributed by atoms with Crippen molar-refractivity contribution in [3.63, 3.8) is 0 Å². The van der Waals surface area contributed by atoms with Crippen molar-refractivity contribution in [2.75, 3.05) is 37.8 Å². The van der Waals surface area contributed by atoms with Gasteiger partial charge in [0, 0.05) is 54.4 Å². The number of nitriles is 1. The van der Waals surface area contributed by atoms with Crippen molar-refractivity contribution >= 4 is 11.6 Å². The number of ether oxygens (including phenoxy) is 3. The fraction of sp³-hybridized carbons (Fsp3) is 0.242. The third kappa shape index (κ3) is 5.63. The molecule has 0 saturated heterocycles. The Hall–Kier alpha value is -4.91. The molecule has 1 aromatic heterocycles. The SMILES string of the molecule is N#Cc1cncc(COc2cc(C(=O)N3CCc4c(-c5ccc6c(c5)OCCO6)cccc43)ccc2CNCCO)c1. The molecule has 0 radical (unpaired) electrons. The van der Waals surface area contributed by atoms with E-state index in [1.54, 1.807) is 18.3 Å². The number of amides is 1. The molecule has 0 fully saturated rings. The van der Waals surface area contributed by atoms with Gasteiger partial charge in [-0.2, -0.15) is 5.26 Å². The number of hydrogen-bond donors (Lipinski definition) is 2. The van der Waals surface area contributed by atoms with Crippen LogP contribution in [0.3, 0.4) is 0 Å². The minimum atomic E-state index is -0.110. The Bertz CT molecular complexity index is 1670. The second-order valence-electron chi connectivity index (χ2n) is 10.1. The monoisotopic (exact) mass is 562 g/mol. The number of carbonyl (C=O) groups is 1. The predicted molar refractivity (Wildman–Crippen MR) is 157 cm³/mol. The van der Waals surface area contributed by atoms with Gasteiger partial charge in [0.25, 0.3) is 5.91 Å². The largest absolute Gasteiger partial charge is 0.488 e. The third-order valence-electron chi connectivity index (χ3n) is 7.36. The van der Waals surface area contributed by atoms with Crippen LogP contribution in [0.15, 0.2) is 73.1 Å². The molecule has 2 N–H and O–H groups in total. The lowest BCUT2D eigenvalue weighted by atomic mass is 9.97. The van der Waals surface area contributed by atoms with E-state index >= 15 is 0 Å². The molecule has 1 amide bonds. The Morgan fingerprint density at radius 2 is 1.95 bits per heavy atom. The lowest BCUT2D eigenvalue weighted by Crippen LogP contribution is -2.29. The van der Waals surface area contributed by atoms with Gasteiger partial charge in [-0.3, -0.25) is 9.78 Å². The van der Waals surface area contributed by atoms with Crippen molar-refractivity contribution in [1.29, 1.82) is 5.26 Å². The molecule has 2 aliphatic rings. The molecule has 0 atom stereocenters. The number of fused-ring (bicyclic) bond motifs is 2. The number of rotatable bonds is 9. The number of aromatic nitrogens is 1. The van der Waals surface area contributed by atoms with Crippen LogP contribution in [0.4, 0.5) is 5.69 Å². The van der Waals surface area contributed by atoms with Gasteiger partial charge in [0.15, 0.2) is 11.5 Å². The first-order valence-electron chi connectivity index (χ1n) is 13.9. The highest BCUT2D eigenvalue weighted by Gasteiger charge is 2.28. The number of nitrogens with one attached hydrogen (secondary N) is 1. The number of hydrogen-bond acceptors (Lipinski definition) is 8. The van der Waals surface area contributed by atoms with E-state index in [2.05, 4.69) is 22.4 Å². The lowest BCUT2D eigenvalue weighted by Gasteiger charge is -2.21. The topological polar surface area (TPSA) is 117 Å². The highest BCUT2D eigenvalue weighted by Crippen LogP contribution is 2.40. The summed E-state index contributed by atoms with van der Waals surface area (Å²) in [7, 11) is 0. The molecule has 0 bridgehead atoms. The van der Waals surface area contributed by atoms with E-state index in [1.807, 2.05) is 47.4 Å². The number of nitrogens with zero attached hydrogens (tertiary/aromatic N) is 3. The number of pyridine rings is 1. The normalized spacial score (nSPS) is 13.4. The zero-order chi connectivity index (χ0) is 28.9. The van der Waals surface area contributed by atoms with E-state index < -0.39 is 0 Å². The van der Waals surface area contributed by atoms with Crippen molar-refractivity contribution in [3.8, 4) is 34.4 Å². The van der Waals surface area contributed by atoms with Crippen LogP contribution < -0.4 is 24.4 Å². The first-order valence-corrected chi connectivity index (χ1v) is 13.9. The molecule has 0 unspecified atom stereocenters. The van der Waals surface area contributed by atoms with Gasteiger partial charge in [-0.15, -0.1) is 0 Å². The van der Waals surface area contributed by atoms with Crippen LogP contribution in [-0.4, -0.2) is 48.9 Å². The maximum Gasteiger partial charge on any atom is 0.258 e. The number of aliphatic hydroxyl groups excluding tert-OH is 1. The standard InChI is InChI=1S/C33H30N4O5/c34-17-22-14-23(19-36-18-22)21-42-31-16-25(4-5-26(31)20-35-9-11-38)33(39)37-10-8-28-27(2-1-3-29(28)37)24-6-7-30-32(15-24)41-13-12-40-30/h1-7,14-16,18-19,35,38H,8-13,20-21H2. The van der Waals surface area contributed by atoms with Gasteiger partial charge in [0.05, 0.1) is 12.2 Å². The van der Waals surface area contributed by atoms with Gasteiger partial charge < -0.3 is 29.5 Å². The summed E-state index contributed by atoms with van der Waals surface area (Å²) in [4.78, 5) is 19.8. The van der Waals surface area contributed by atoms with Crippen LogP contribution in [0.5, 0.6) is 17.2 Å². The highest BCUT2D eigenvalue weighted by molar-refractivity contribution is 6.08. The minimum Gasteiger partial charge on any atom is -0.488 e. The van der Waals surface area contributed by atoms with Gasteiger partial charge >= 0.3 is 0 Å². The molecule has 6 rings (SSSR count). The van der Waals surface area contributed by atoms with Crippen LogP contribution in [0.1, 0.15) is 32.6 Å². The number of carbonyl (C=O) groups excluding carboxylic acids is 1. The average molecular weight is 563 g/mol. The Balaban J connectivity index is 1.26. The zero-order valence-electron chi connectivity index (χ0n) is 23.0. The highest BCUT2D eigenvalue weighted by atomic mass is 16.6. The Morgan fingerprint density at radius 3 is 2.81 bits per heavy atom. The zero-order valence-corrected chi connectivity index (χ0v) is 23.0. The summed E-state index contributed by atoms with van der Waals surface area (Å²) in [5.41, 5.74) is 6.67. The second kappa shape index (κ2) is 12.3. The summed E-state index contributed by atoms with van der Waals surface area (Å²) in [6, 6.07) is 21.3. The Labute approximate surface area is 243 Å². The van der Waals surface area contributed by atoms with Crippen LogP contribution in [0.25, 0.3) is 11.1 Å². The molecule has 42 heavy (non-hydrogen) atoms. The van der Waals surface area contributed by atoms with Gasteiger partial charge in [-0.05, 0) is 59.5 Å². The van der Waals surface area contributed by atoms with Crippen LogP contribution >= 0.6 is 0 Å². The maximum atomic E-state index is 13.9. The van der Waals surface area contributed by atoms with E-state index in [4.69, 9.17) is 14.2 Å². The van der Waals surface area contributed by atoms with Crippen LogP contribution in [0, 0.1) is 11.3 Å². The van der Waals surface area contributed by atoms with E-state index in [9.17, 15) is 15.2 Å². The van der Waals surface area contributed by atoms with E-state index in [-0.39, 0.29) is 19.1 Å². The molecular weight excluding hydrogens is 532 g/mol. The minimum absolute atomic E-state index is 0.0159. The molecule has 2 aliphatic heterocycles. The first-order chi connectivity index (χ1) is 20.6. The number of anilines is 1. The average Bonchev–Trinajstić information content (AvgIpc) is 3.48. The summed E-state index contributed by atoms with van der Waals surface area (Å²) in [6.45, 7) is 2.75. The predicted octanol–water partition coefficient (Wildman–Crippen LogP) is 4.26. The van der Waals surface area contributed by atoms with Crippen molar-refractivity contribution in [2.45, 2.75) is 19.6 Å². The van der Waals surface area contributed by atoms with E-state index in [1.165, 1.54) is 6.20 Å². The smallest absolute Gasteiger partial charge is 0.258 e. The molecule has 0 spiro atoms. The molecule has 212 valence electrons. The van der Waals surface area contributed by atoms with E-state index in [0.717, 1.165) is 51.4 Å². The molecule has 3 aromatic carbocycles. The first kappa shape index (κ1) is 27.3. The van der Waals surface area contributed by atoms with Crippen molar-refractivity contribution < 1.29 is 24.1 Å². The van der Waals surface area contributed by atoms with Crippen molar-refractivity contribution in [2.24, 2.45) is 0 Å². The summed E-state index contributed by atoms with van der Waals surface area (Å²) >= 11 is 0. The van der Waals surface area contributed by atoms with Crippen molar-refractivity contribution in [1.82, 2.24) is 10.3 Å². The maximum absolute atomic E-state index is 13.9. The second-order valence-corrected chi connectivity index (χ2v) is 10.1. The molecule has 9 nitrogen and oxygen atoms in total. The third-order valence-corrected chi connectivity index (χ3v) is 7.36. The van der Waals surface area contributed by atoms with Gasteiger partial charge in [0.2, 0.25) is 0 Å². The van der Waals surface area contributed by atoms with Crippen LogP contribution in [-0.2, 0) is 19.6 Å².